The Labute approximate surface area is 121 Å². The summed E-state index contributed by atoms with van der Waals surface area (Å²) in [6.07, 6.45) is 1.56. The van der Waals surface area contributed by atoms with Crippen molar-refractivity contribution in [1.29, 1.82) is 0 Å². The van der Waals surface area contributed by atoms with Crippen molar-refractivity contribution in [2.45, 2.75) is 31.6 Å². The number of hydrogen-bond acceptors (Lipinski definition) is 4. The van der Waals surface area contributed by atoms with Gasteiger partial charge in [0, 0.05) is 20.3 Å². The van der Waals surface area contributed by atoms with Crippen LogP contribution in [0.5, 0.6) is 5.75 Å². The standard InChI is InChI=1S/C14H23NO4S/c1-11-9-13(19-4)14(10-12(11)2)20(16,17)15-7-5-6-8-18-3/h9-10,15H,5-8H2,1-4H3. The fourth-order valence-corrected chi connectivity index (χ4v) is 3.10. The molecule has 0 saturated carbocycles. The minimum atomic E-state index is -3.55. The van der Waals surface area contributed by atoms with E-state index >= 15 is 0 Å². The van der Waals surface area contributed by atoms with E-state index in [2.05, 4.69) is 4.72 Å². The Morgan fingerprint density at radius 1 is 1.10 bits per heavy atom. The molecule has 0 aliphatic rings. The van der Waals surface area contributed by atoms with Crippen molar-refractivity contribution in [2.24, 2.45) is 0 Å². The molecule has 0 aliphatic carbocycles. The van der Waals surface area contributed by atoms with E-state index in [1.54, 1.807) is 19.2 Å². The lowest BCUT2D eigenvalue weighted by molar-refractivity contribution is 0.193. The van der Waals surface area contributed by atoms with Gasteiger partial charge in [-0.2, -0.15) is 0 Å². The average Bonchev–Trinajstić information content (AvgIpc) is 2.41. The second kappa shape index (κ2) is 7.61. The fraction of sp³-hybridized carbons (Fsp3) is 0.571. The van der Waals surface area contributed by atoms with Crippen molar-refractivity contribution in [2.75, 3.05) is 27.4 Å². The molecule has 0 radical (unpaired) electrons. The maximum absolute atomic E-state index is 12.3. The molecule has 1 rings (SSSR count). The summed E-state index contributed by atoms with van der Waals surface area (Å²) < 4.78 is 37.3. The predicted octanol–water partition coefficient (Wildman–Crippen LogP) is 2.02. The van der Waals surface area contributed by atoms with E-state index in [4.69, 9.17) is 9.47 Å². The minimum Gasteiger partial charge on any atom is -0.495 e. The monoisotopic (exact) mass is 301 g/mol. The summed E-state index contributed by atoms with van der Waals surface area (Å²) in [7, 11) is -0.442. The SMILES string of the molecule is COCCCCNS(=O)(=O)c1cc(C)c(C)cc1OC. The van der Waals surface area contributed by atoms with E-state index < -0.39 is 10.0 Å². The Morgan fingerprint density at radius 2 is 1.75 bits per heavy atom. The largest absolute Gasteiger partial charge is 0.495 e. The highest BCUT2D eigenvalue weighted by atomic mass is 32.2. The van der Waals surface area contributed by atoms with E-state index in [0.29, 0.717) is 18.9 Å². The predicted molar refractivity (Wildman–Crippen MR) is 78.8 cm³/mol. The summed E-state index contributed by atoms with van der Waals surface area (Å²) in [5.74, 6) is 0.373. The highest BCUT2D eigenvalue weighted by Gasteiger charge is 2.19. The quantitative estimate of drug-likeness (QED) is 0.746. The Balaban J connectivity index is 2.84. The van der Waals surface area contributed by atoms with Crippen LogP contribution in [0.15, 0.2) is 17.0 Å². The van der Waals surface area contributed by atoms with E-state index in [1.165, 1.54) is 7.11 Å². The van der Waals surface area contributed by atoms with Gasteiger partial charge in [0.1, 0.15) is 10.6 Å². The first-order valence-electron chi connectivity index (χ1n) is 6.56. The highest BCUT2D eigenvalue weighted by molar-refractivity contribution is 7.89. The van der Waals surface area contributed by atoms with Crippen LogP contribution in [0, 0.1) is 13.8 Å². The van der Waals surface area contributed by atoms with Gasteiger partial charge in [-0.05, 0) is 49.9 Å². The van der Waals surface area contributed by atoms with Gasteiger partial charge in [0.15, 0.2) is 0 Å². The van der Waals surface area contributed by atoms with Gasteiger partial charge in [-0.15, -0.1) is 0 Å². The van der Waals surface area contributed by atoms with Gasteiger partial charge in [0.2, 0.25) is 10.0 Å². The van der Waals surface area contributed by atoms with E-state index in [0.717, 1.165) is 24.0 Å². The Kier molecular flexibility index (Phi) is 6.45. The van der Waals surface area contributed by atoms with Crippen LogP contribution in [0.1, 0.15) is 24.0 Å². The summed E-state index contributed by atoms with van der Waals surface area (Å²) in [4.78, 5) is 0.190. The average molecular weight is 301 g/mol. The molecule has 0 spiro atoms. The molecule has 0 saturated heterocycles. The molecule has 0 bridgehead atoms. The van der Waals surface area contributed by atoms with Crippen LogP contribution in [-0.2, 0) is 14.8 Å². The molecule has 5 nitrogen and oxygen atoms in total. The lowest BCUT2D eigenvalue weighted by Crippen LogP contribution is -2.25. The topological polar surface area (TPSA) is 64.6 Å². The lowest BCUT2D eigenvalue weighted by Gasteiger charge is -2.13. The van der Waals surface area contributed by atoms with Crippen molar-refractivity contribution >= 4 is 10.0 Å². The lowest BCUT2D eigenvalue weighted by atomic mass is 10.1. The van der Waals surface area contributed by atoms with Crippen LogP contribution < -0.4 is 9.46 Å². The number of nitrogens with one attached hydrogen (secondary N) is 1. The zero-order chi connectivity index (χ0) is 15.2. The van der Waals surface area contributed by atoms with Gasteiger partial charge in [-0.1, -0.05) is 0 Å². The van der Waals surface area contributed by atoms with Gasteiger partial charge >= 0.3 is 0 Å². The molecule has 0 fully saturated rings. The van der Waals surface area contributed by atoms with Crippen LogP contribution in [0.25, 0.3) is 0 Å². The first-order valence-corrected chi connectivity index (χ1v) is 8.04. The smallest absolute Gasteiger partial charge is 0.244 e. The van der Waals surface area contributed by atoms with Crippen molar-refractivity contribution in [3.63, 3.8) is 0 Å². The minimum absolute atomic E-state index is 0.190. The molecule has 0 heterocycles. The Morgan fingerprint density at radius 3 is 2.35 bits per heavy atom. The second-order valence-electron chi connectivity index (χ2n) is 4.69. The molecule has 0 aliphatic heterocycles. The number of methoxy groups -OCH3 is 2. The van der Waals surface area contributed by atoms with Crippen LogP contribution in [0.4, 0.5) is 0 Å². The molecule has 6 heteroatoms. The highest BCUT2D eigenvalue weighted by Crippen LogP contribution is 2.27. The third-order valence-electron chi connectivity index (χ3n) is 3.14. The van der Waals surface area contributed by atoms with E-state index in [-0.39, 0.29) is 4.90 Å². The zero-order valence-corrected chi connectivity index (χ0v) is 13.3. The first-order chi connectivity index (χ1) is 9.42. The summed E-state index contributed by atoms with van der Waals surface area (Å²) in [5.41, 5.74) is 1.92. The number of benzene rings is 1. The second-order valence-corrected chi connectivity index (χ2v) is 6.42. The molecule has 114 valence electrons. The molecule has 1 N–H and O–H groups in total. The molecule has 0 aromatic heterocycles. The maximum atomic E-state index is 12.3. The number of ether oxygens (including phenoxy) is 2. The molecule has 0 amide bonds. The zero-order valence-electron chi connectivity index (χ0n) is 12.5. The number of rotatable bonds is 8. The molecule has 0 unspecified atom stereocenters. The Hall–Kier alpha value is -1.11. The Bertz CT molecular complexity index is 540. The molecular formula is C14H23NO4S. The van der Waals surface area contributed by atoms with Crippen LogP contribution >= 0.6 is 0 Å². The summed E-state index contributed by atoms with van der Waals surface area (Å²) in [6.45, 7) is 4.83. The van der Waals surface area contributed by atoms with Crippen LogP contribution in [0.3, 0.4) is 0 Å². The van der Waals surface area contributed by atoms with Crippen molar-refractivity contribution < 1.29 is 17.9 Å². The third-order valence-corrected chi connectivity index (χ3v) is 4.62. The van der Waals surface area contributed by atoms with Crippen molar-refractivity contribution in [3.8, 4) is 5.75 Å². The molecular weight excluding hydrogens is 278 g/mol. The van der Waals surface area contributed by atoms with Crippen LogP contribution in [0.2, 0.25) is 0 Å². The van der Waals surface area contributed by atoms with Crippen LogP contribution in [-0.4, -0.2) is 35.8 Å². The summed E-state index contributed by atoms with van der Waals surface area (Å²) >= 11 is 0. The van der Waals surface area contributed by atoms with Gasteiger partial charge in [0.25, 0.3) is 0 Å². The number of sulfonamides is 1. The van der Waals surface area contributed by atoms with Crippen molar-refractivity contribution in [3.05, 3.63) is 23.3 Å². The first kappa shape index (κ1) is 16.9. The van der Waals surface area contributed by atoms with Gasteiger partial charge in [-0.25, -0.2) is 13.1 Å². The van der Waals surface area contributed by atoms with Gasteiger partial charge in [0.05, 0.1) is 7.11 Å². The number of hydrogen-bond donors (Lipinski definition) is 1. The molecule has 1 aromatic carbocycles. The fourth-order valence-electron chi connectivity index (χ4n) is 1.79. The number of unbranched alkanes of at least 4 members (excludes halogenated alkanes) is 1. The van der Waals surface area contributed by atoms with E-state index in [9.17, 15) is 8.42 Å². The molecule has 0 atom stereocenters. The van der Waals surface area contributed by atoms with Gasteiger partial charge in [-0.3, -0.25) is 0 Å². The maximum Gasteiger partial charge on any atom is 0.244 e. The molecule has 20 heavy (non-hydrogen) atoms. The van der Waals surface area contributed by atoms with Gasteiger partial charge < -0.3 is 9.47 Å². The van der Waals surface area contributed by atoms with E-state index in [1.807, 2.05) is 13.8 Å². The summed E-state index contributed by atoms with van der Waals surface area (Å²) in [6, 6.07) is 3.39. The normalized spacial score (nSPS) is 11.6. The summed E-state index contributed by atoms with van der Waals surface area (Å²) in [5, 5.41) is 0. The number of aryl methyl sites for hydroxylation is 2. The molecule has 1 aromatic rings. The third kappa shape index (κ3) is 4.47. The van der Waals surface area contributed by atoms with Crippen molar-refractivity contribution in [1.82, 2.24) is 4.72 Å².